The second-order valence-corrected chi connectivity index (χ2v) is 10.3. The molecule has 0 bridgehead atoms. The fraction of sp³-hybridized carbons (Fsp3) is 0.0303. The van der Waals surface area contributed by atoms with E-state index in [1.807, 2.05) is 60.7 Å². The van der Waals surface area contributed by atoms with Gasteiger partial charge in [0.1, 0.15) is 11.4 Å². The predicted molar refractivity (Wildman–Crippen MR) is 164 cm³/mol. The topological polar surface area (TPSA) is 137 Å². The zero-order valence-corrected chi connectivity index (χ0v) is 22.2. The van der Waals surface area contributed by atoms with Gasteiger partial charge in [0.05, 0.1) is 20.9 Å². The van der Waals surface area contributed by atoms with E-state index in [0.29, 0.717) is 44.1 Å². The molecule has 0 saturated carbocycles. The number of rotatable bonds is 4. The second-order valence-electron chi connectivity index (χ2n) is 10.3. The lowest BCUT2D eigenvalue weighted by atomic mass is 9.88. The minimum Gasteiger partial charge on any atom is -0.258 e. The maximum absolute atomic E-state index is 12.4. The molecule has 43 heavy (non-hydrogen) atoms. The van der Waals surface area contributed by atoms with E-state index >= 15 is 0 Å². The summed E-state index contributed by atoms with van der Waals surface area (Å²) in [6.07, 6.45) is 3.16. The molecule has 6 aromatic rings. The van der Waals surface area contributed by atoms with Crippen LogP contribution in [0.4, 0.5) is 11.4 Å². The van der Waals surface area contributed by atoms with E-state index in [2.05, 4.69) is 0 Å². The van der Waals surface area contributed by atoms with E-state index in [1.165, 1.54) is 12.1 Å². The summed E-state index contributed by atoms with van der Waals surface area (Å²) >= 11 is 0. The molecule has 0 amide bonds. The Kier molecular flexibility index (Phi) is 5.11. The van der Waals surface area contributed by atoms with Crippen LogP contribution in [0.5, 0.6) is 0 Å². The van der Waals surface area contributed by atoms with Gasteiger partial charge in [0.25, 0.3) is 11.4 Å². The monoisotopic (exact) mass is 562 g/mol. The summed E-state index contributed by atoms with van der Waals surface area (Å²) in [4.78, 5) is 43.1. The molecule has 2 aliphatic rings. The Labute approximate surface area is 243 Å². The average molecular weight is 563 g/mol. The van der Waals surface area contributed by atoms with Crippen LogP contribution in [0.25, 0.3) is 55.4 Å². The first-order chi connectivity index (χ1) is 21.0. The lowest BCUT2D eigenvalue weighted by molar-refractivity contribution is -0.384. The Morgan fingerprint density at radius 1 is 0.535 bits per heavy atom. The first-order valence-electron chi connectivity index (χ1n) is 13.4. The Morgan fingerprint density at radius 2 is 0.953 bits per heavy atom. The maximum atomic E-state index is 12.4. The molecule has 10 heteroatoms. The van der Waals surface area contributed by atoms with Crippen molar-refractivity contribution in [1.82, 2.24) is 9.97 Å². The summed E-state index contributed by atoms with van der Waals surface area (Å²) in [7, 11) is 0. The average Bonchev–Trinajstić information content (AvgIpc) is 3.63. The van der Waals surface area contributed by atoms with E-state index in [9.17, 15) is 20.2 Å². The first-order valence-corrected chi connectivity index (χ1v) is 13.4. The molecule has 204 valence electrons. The minimum absolute atomic E-state index is 0.142. The summed E-state index contributed by atoms with van der Waals surface area (Å²) in [5, 5.41) is 26.0. The zero-order chi connectivity index (χ0) is 29.3. The normalized spacial score (nSPS) is 14.0. The quantitative estimate of drug-likeness (QED) is 0.164. The highest BCUT2D eigenvalue weighted by Crippen LogP contribution is 2.58. The highest BCUT2D eigenvalue weighted by atomic mass is 16.6. The van der Waals surface area contributed by atoms with Gasteiger partial charge in [-0.3, -0.25) is 30.2 Å². The van der Waals surface area contributed by atoms with Crippen molar-refractivity contribution in [2.45, 2.75) is 5.66 Å². The van der Waals surface area contributed by atoms with E-state index in [-0.39, 0.29) is 22.8 Å². The van der Waals surface area contributed by atoms with Gasteiger partial charge < -0.3 is 0 Å². The minimum atomic E-state index is -1.35. The number of aromatic nitrogens is 2. The van der Waals surface area contributed by atoms with Crippen LogP contribution in [0.2, 0.25) is 0 Å². The molecule has 0 N–H and O–H groups in total. The Hall–Kier alpha value is -6.16. The Balaban J connectivity index is 1.45. The van der Waals surface area contributed by atoms with Crippen molar-refractivity contribution < 1.29 is 9.85 Å². The number of hydrogen-bond acceptors (Lipinski definition) is 8. The van der Waals surface area contributed by atoms with Gasteiger partial charge in [-0.15, -0.1) is 0 Å². The smallest absolute Gasteiger partial charge is 0.258 e. The maximum Gasteiger partial charge on any atom is 0.296 e. The van der Waals surface area contributed by atoms with Gasteiger partial charge in [-0.1, -0.05) is 72.8 Å². The molecule has 3 heterocycles. The number of nitrogens with zero attached hydrogens (tertiary/aromatic N) is 6. The molecule has 0 radical (unpaired) electrons. The SMILES string of the molecule is O=[N+]([O-])c1cc2ccccc2nc1-c1cccc2c1C1(N=CC=N1)c1c-2cccc1-c1nc2ccccc2cc1[N+](=O)[O-]. The van der Waals surface area contributed by atoms with Crippen molar-refractivity contribution in [2.24, 2.45) is 9.98 Å². The number of hydrogen-bond donors (Lipinski definition) is 0. The van der Waals surface area contributed by atoms with Crippen LogP contribution in [0.15, 0.2) is 107 Å². The van der Waals surface area contributed by atoms with Crippen molar-refractivity contribution in [1.29, 1.82) is 0 Å². The molecule has 4 aromatic carbocycles. The fourth-order valence-electron chi connectivity index (χ4n) is 6.28. The number of pyridine rings is 2. The van der Waals surface area contributed by atoms with Crippen LogP contribution >= 0.6 is 0 Å². The molecule has 1 aliphatic heterocycles. The summed E-state index contributed by atoms with van der Waals surface area (Å²) in [6.45, 7) is 0. The van der Waals surface area contributed by atoms with E-state index in [0.717, 1.165) is 11.1 Å². The van der Waals surface area contributed by atoms with Gasteiger partial charge in [-0.25, -0.2) is 9.97 Å². The van der Waals surface area contributed by atoms with E-state index in [1.54, 1.807) is 36.7 Å². The highest BCUT2D eigenvalue weighted by molar-refractivity contribution is 6.19. The van der Waals surface area contributed by atoms with Crippen LogP contribution in [-0.4, -0.2) is 32.2 Å². The van der Waals surface area contributed by atoms with Gasteiger partial charge in [-0.2, -0.15) is 0 Å². The van der Waals surface area contributed by atoms with Crippen LogP contribution in [0, 0.1) is 20.2 Å². The number of benzene rings is 4. The zero-order valence-electron chi connectivity index (χ0n) is 22.2. The highest BCUT2D eigenvalue weighted by Gasteiger charge is 2.49. The molecular weight excluding hydrogens is 544 g/mol. The second kappa shape index (κ2) is 8.92. The van der Waals surface area contributed by atoms with Gasteiger partial charge in [0.15, 0.2) is 0 Å². The van der Waals surface area contributed by atoms with E-state index in [4.69, 9.17) is 20.0 Å². The molecule has 0 unspecified atom stereocenters. The van der Waals surface area contributed by atoms with Gasteiger partial charge in [0, 0.05) is 57.6 Å². The third-order valence-electron chi connectivity index (χ3n) is 8.02. The van der Waals surface area contributed by atoms with Crippen molar-refractivity contribution >= 4 is 45.6 Å². The third-order valence-corrected chi connectivity index (χ3v) is 8.02. The molecule has 2 aromatic heterocycles. The fourth-order valence-corrected chi connectivity index (χ4v) is 6.28. The molecule has 8 rings (SSSR count). The molecule has 0 atom stereocenters. The van der Waals surface area contributed by atoms with Crippen LogP contribution < -0.4 is 0 Å². The van der Waals surface area contributed by atoms with Crippen molar-refractivity contribution in [3.05, 3.63) is 128 Å². The van der Waals surface area contributed by atoms with Crippen molar-refractivity contribution in [3.8, 4) is 33.6 Å². The molecule has 0 fully saturated rings. The van der Waals surface area contributed by atoms with Crippen molar-refractivity contribution in [3.63, 3.8) is 0 Å². The summed E-state index contributed by atoms with van der Waals surface area (Å²) in [6, 6.07) is 28.6. The molecule has 1 aliphatic carbocycles. The molecule has 0 saturated heterocycles. The Morgan fingerprint density at radius 3 is 1.40 bits per heavy atom. The van der Waals surface area contributed by atoms with Crippen molar-refractivity contribution in [2.75, 3.05) is 0 Å². The lowest BCUT2D eigenvalue weighted by Gasteiger charge is -2.24. The molecule has 10 nitrogen and oxygen atoms in total. The summed E-state index contributed by atoms with van der Waals surface area (Å²) in [5.74, 6) is 0. The number of nitro groups is 2. The van der Waals surface area contributed by atoms with Crippen LogP contribution in [0.1, 0.15) is 11.1 Å². The first kappa shape index (κ1) is 24.6. The lowest BCUT2D eigenvalue weighted by Crippen LogP contribution is -2.20. The standard InChI is InChI=1S/C33H18N6O4/c40-38(41)27-17-19-7-1-3-13-25(19)36-31(27)23-11-5-9-21-22-10-6-12-24(30(22)33(29(21)23)34-15-16-35-33)32-28(39(42)43)18-20-8-2-4-14-26(20)37-32/h1-18H. The molecule has 1 spiro atoms. The predicted octanol–water partition coefficient (Wildman–Crippen LogP) is 7.27. The van der Waals surface area contributed by atoms with Gasteiger partial charge >= 0.3 is 0 Å². The summed E-state index contributed by atoms with van der Waals surface area (Å²) < 4.78 is 0. The number of aliphatic imine (C=N–C) groups is 2. The van der Waals surface area contributed by atoms with E-state index < -0.39 is 15.5 Å². The van der Waals surface area contributed by atoms with Gasteiger partial charge in [-0.05, 0) is 23.3 Å². The van der Waals surface area contributed by atoms with Crippen LogP contribution in [0.3, 0.4) is 0 Å². The Bertz CT molecular complexity index is 2120. The van der Waals surface area contributed by atoms with Crippen LogP contribution in [-0.2, 0) is 5.66 Å². The molecular formula is C33H18N6O4. The largest absolute Gasteiger partial charge is 0.296 e. The summed E-state index contributed by atoms with van der Waals surface area (Å²) in [5.41, 5.74) is 3.77. The van der Waals surface area contributed by atoms with Gasteiger partial charge in [0.2, 0.25) is 5.66 Å². The third kappa shape index (κ3) is 3.46. The number of fused-ring (bicyclic) bond motifs is 7. The number of para-hydroxylation sites is 2.